The summed E-state index contributed by atoms with van der Waals surface area (Å²) in [4.78, 5) is 12.6. The van der Waals surface area contributed by atoms with Crippen LogP contribution < -0.4 is 15.2 Å². The van der Waals surface area contributed by atoms with E-state index in [-0.39, 0.29) is 11.3 Å². The van der Waals surface area contributed by atoms with Crippen molar-refractivity contribution in [3.05, 3.63) is 70.3 Å². The molecule has 152 valence electrons. The molecule has 0 atom stereocenters. The van der Waals surface area contributed by atoms with Crippen LogP contribution in [0.25, 0.3) is 12.2 Å². The van der Waals surface area contributed by atoms with Gasteiger partial charge in [-0.15, -0.1) is 0 Å². The molecular formula is C23H26N2O4. The van der Waals surface area contributed by atoms with Gasteiger partial charge in [0, 0.05) is 5.56 Å². The number of carbonyl (C=O) groups is 1. The summed E-state index contributed by atoms with van der Waals surface area (Å²) in [5.41, 5.74) is 8.89. The molecule has 3 N–H and O–H groups in total. The average Bonchev–Trinajstić information content (AvgIpc) is 2.70. The summed E-state index contributed by atoms with van der Waals surface area (Å²) in [5, 5.41) is 7.60. The molecule has 0 saturated heterocycles. The van der Waals surface area contributed by atoms with Crippen LogP contribution in [-0.2, 0) is 11.2 Å². The van der Waals surface area contributed by atoms with Gasteiger partial charge in [0.1, 0.15) is 11.3 Å². The number of nitrogens with two attached hydrogens (primary N) is 1. The maximum Gasteiger partial charge on any atom is 0.342 e. The van der Waals surface area contributed by atoms with Gasteiger partial charge in [0.25, 0.3) is 6.02 Å². The van der Waals surface area contributed by atoms with Gasteiger partial charge in [-0.25, -0.2) is 4.79 Å². The zero-order valence-electron chi connectivity index (χ0n) is 17.1. The predicted octanol–water partition coefficient (Wildman–Crippen LogP) is 4.43. The van der Waals surface area contributed by atoms with Gasteiger partial charge in [0.2, 0.25) is 0 Å². The van der Waals surface area contributed by atoms with Crippen LogP contribution >= 0.6 is 0 Å². The lowest BCUT2D eigenvalue weighted by Gasteiger charge is -2.18. The van der Waals surface area contributed by atoms with Gasteiger partial charge in [-0.2, -0.15) is 0 Å². The Bertz CT molecular complexity index is 943. The van der Waals surface area contributed by atoms with Crippen molar-refractivity contribution in [3.8, 4) is 11.5 Å². The summed E-state index contributed by atoms with van der Waals surface area (Å²) < 4.78 is 16.0. The molecule has 0 saturated carbocycles. The molecule has 0 aliphatic rings. The van der Waals surface area contributed by atoms with Crippen molar-refractivity contribution >= 4 is 24.1 Å². The van der Waals surface area contributed by atoms with Crippen LogP contribution in [0.1, 0.15) is 40.9 Å². The molecule has 29 heavy (non-hydrogen) atoms. The van der Waals surface area contributed by atoms with Crippen LogP contribution in [0.2, 0.25) is 0 Å². The number of carbonyl (C=O) groups excluding carboxylic acids is 1. The Hall–Kier alpha value is -3.54. The lowest BCUT2D eigenvalue weighted by atomic mass is 9.97. The van der Waals surface area contributed by atoms with Gasteiger partial charge in [0.15, 0.2) is 5.75 Å². The third-order valence-electron chi connectivity index (χ3n) is 4.16. The molecule has 2 aromatic carbocycles. The lowest BCUT2D eigenvalue weighted by molar-refractivity contribution is 0.0598. The minimum absolute atomic E-state index is 0.161. The van der Waals surface area contributed by atoms with E-state index < -0.39 is 12.0 Å². The van der Waals surface area contributed by atoms with Crippen molar-refractivity contribution in [1.29, 1.82) is 5.41 Å². The van der Waals surface area contributed by atoms with Crippen LogP contribution in [0.5, 0.6) is 11.5 Å². The van der Waals surface area contributed by atoms with Gasteiger partial charge in [-0.1, -0.05) is 54.1 Å². The number of nitrogens with one attached hydrogen (secondary N) is 1. The molecule has 0 bridgehead atoms. The Morgan fingerprint density at radius 1 is 1.14 bits per heavy atom. The predicted molar refractivity (Wildman–Crippen MR) is 115 cm³/mol. The van der Waals surface area contributed by atoms with Gasteiger partial charge >= 0.3 is 5.97 Å². The maximum absolute atomic E-state index is 12.6. The average molecular weight is 394 g/mol. The highest BCUT2D eigenvalue weighted by Crippen LogP contribution is 2.37. The second-order valence-electron chi connectivity index (χ2n) is 6.54. The number of rotatable bonds is 7. The molecular weight excluding hydrogens is 368 g/mol. The molecule has 2 aromatic rings. The van der Waals surface area contributed by atoms with E-state index in [1.807, 2.05) is 56.3 Å². The minimum Gasteiger partial charge on any atom is -0.496 e. The highest BCUT2D eigenvalue weighted by molar-refractivity contribution is 5.99. The Morgan fingerprint density at radius 2 is 1.83 bits per heavy atom. The fraction of sp³-hybridized carbons (Fsp3) is 0.217. The first-order valence-electron chi connectivity index (χ1n) is 9.07. The SMILES string of the molecule is COC(=O)c1c(C=Cc2ccccc2)cc(OC)c(CC=C(C)C)c1OC(=N)N. The second kappa shape index (κ2) is 10.1. The maximum atomic E-state index is 12.6. The second-order valence-corrected chi connectivity index (χ2v) is 6.54. The lowest BCUT2D eigenvalue weighted by Crippen LogP contribution is -2.21. The van der Waals surface area contributed by atoms with Crippen LogP contribution in [-0.4, -0.2) is 26.2 Å². The van der Waals surface area contributed by atoms with Crippen molar-refractivity contribution < 1.29 is 19.0 Å². The Balaban J connectivity index is 2.74. The fourth-order valence-corrected chi connectivity index (χ4v) is 2.79. The van der Waals surface area contributed by atoms with Gasteiger partial charge in [-0.05, 0) is 37.5 Å². The standard InChI is InChI=1S/C23H26N2O4/c1-15(2)10-13-18-19(27-3)14-17(12-11-16-8-6-5-7-9-16)20(22(26)28-4)21(18)29-23(24)25/h5-12,14H,13H2,1-4H3,(H3,24,25). The number of hydrogen-bond donors (Lipinski definition) is 2. The summed E-state index contributed by atoms with van der Waals surface area (Å²) in [6, 6.07) is 10.9. The largest absolute Gasteiger partial charge is 0.496 e. The minimum atomic E-state index is -0.588. The van der Waals surface area contributed by atoms with Crippen LogP contribution in [0, 0.1) is 5.41 Å². The molecule has 2 rings (SSSR count). The first-order chi connectivity index (χ1) is 13.9. The number of allylic oxidation sites excluding steroid dienone is 2. The van der Waals surface area contributed by atoms with Crippen LogP contribution in [0.4, 0.5) is 0 Å². The third kappa shape index (κ3) is 5.72. The summed E-state index contributed by atoms with van der Waals surface area (Å²) in [6.45, 7) is 3.94. The first kappa shape index (κ1) is 21.8. The smallest absolute Gasteiger partial charge is 0.342 e. The number of amidine groups is 1. The van der Waals surface area contributed by atoms with E-state index in [0.29, 0.717) is 23.3 Å². The summed E-state index contributed by atoms with van der Waals surface area (Å²) in [7, 11) is 2.84. The molecule has 0 aliphatic heterocycles. The van der Waals surface area contributed by atoms with E-state index >= 15 is 0 Å². The highest BCUT2D eigenvalue weighted by atomic mass is 16.5. The quantitative estimate of drug-likeness (QED) is 0.238. The molecule has 0 radical (unpaired) electrons. The Labute approximate surface area is 171 Å². The van der Waals surface area contributed by atoms with Crippen molar-refractivity contribution in [3.63, 3.8) is 0 Å². The molecule has 6 nitrogen and oxygen atoms in total. The third-order valence-corrected chi connectivity index (χ3v) is 4.16. The number of ether oxygens (including phenoxy) is 3. The van der Waals surface area contributed by atoms with E-state index in [0.717, 1.165) is 11.1 Å². The van der Waals surface area contributed by atoms with E-state index in [2.05, 4.69) is 0 Å². The number of methoxy groups -OCH3 is 2. The van der Waals surface area contributed by atoms with Gasteiger partial charge in [0.05, 0.1) is 14.2 Å². The van der Waals surface area contributed by atoms with E-state index in [1.165, 1.54) is 7.11 Å². The summed E-state index contributed by atoms with van der Waals surface area (Å²) in [5.74, 6) is 0.100. The van der Waals surface area contributed by atoms with Crippen molar-refractivity contribution in [2.75, 3.05) is 14.2 Å². The number of esters is 1. The first-order valence-corrected chi connectivity index (χ1v) is 9.07. The molecule has 0 amide bonds. The molecule has 6 heteroatoms. The van der Waals surface area contributed by atoms with Crippen molar-refractivity contribution in [1.82, 2.24) is 0 Å². The summed E-state index contributed by atoms with van der Waals surface area (Å²) in [6.07, 6.45) is 6.07. The van der Waals surface area contributed by atoms with Crippen LogP contribution in [0.3, 0.4) is 0 Å². The fourth-order valence-electron chi connectivity index (χ4n) is 2.79. The van der Waals surface area contributed by atoms with E-state index in [1.54, 1.807) is 19.3 Å². The number of hydrogen-bond acceptors (Lipinski definition) is 5. The Morgan fingerprint density at radius 3 is 2.38 bits per heavy atom. The normalized spacial score (nSPS) is 10.5. The van der Waals surface area contributed by atoms with Crippen LogP contribution in [0.15, 0.2) is 48.0 Å². The monoisotopic (exact) mass is 394 g/mol. The molecule has 0 aliphatic carbocycles. The zero-order valence-corrected chi connectivity index (χ0v) is 17.1. The van der Waals surface area contributed by atoms with Gasteiger partial charge in [-0.3, -0.25) is 5.41 Å². The molecule has 0 spiro atoms. The topological polar surface area (TPSA) is 94.6 Å². The zero-order chi connectivity index (χ0) is 21.4. The molecule has 0 aromatic heterocycles. The number of benzene rings is 2. The van der Waals surface area contributed by atoms with E-state index in [9.17, 15) is 4.79 Å². The highest BCUT2D eigenvalue weighted by Gasteiger charge is 2.25. The van der Waals surface area contributed by atoms with Crippen molar-refractivity contribution in [2.45, 2.75) is 20.3 Å². The molecule has 0 fully saturated rings. The molecule has 0 heterocycles. The van der Waals surface area contributed by atoms with E-state index in [4.69, 9.17) is 25.4 Å². The van der Waals surface area contributed by atoms with Gasteiger partial charge < -0.3 is 19.9 Å². The Kier molecular flexibility index (Phi) is 7.60. The summed E-state index contributed by atoms with van der Waals surface area (Å²) >= 11 is 0. The van der Waals surface area contributed by atoms with Crippen molar-refractivity contribution in [2.24, 2.45) is 5.73 Å². The molecule has 0 unspecified atom stereocenters.